The number of nitrogens with one attached hydrogen (secondary N) is 1. The summed E-state index contributed by atoms with van der Waals surface area (Å²) < 4.78 is 0. The second-order valence-corrected chi connectivity index (χ2v) is 3.44. The van der Waals surface area contributed by atoms with Crippen LogP contribution in [0, 0.1) is 17.0 Å². The fraction of sp³-hybridized carbons (Fsp3) is 0.100. The first-order valence-corrected chi connectivity index (χ1v) is 4.64. The Kier molecular flexibility index (Phi) is 2.32. The molecule has 6 heteroatoms. The van der Waals surface area contributed by atoms with Crippen molar-refractivity contribution >= 4 is 11.6 Å². The monoisotopic (exact) mass is 218 g/mol. The molecule has 0 bridgehead atoms. The lowest BCUT2D eigenvalue weighted by Crippen LogP contribution is -1.92. The van der Waals surface area contributed by atoms with E-state index in [1.165, 1.54) is 6.07 Å². The fourth-order valence-electron chi connectivity index (χ4n) is 1.51. The summed E-state index contributed by atoms with van der Waals surface area (Å²) in [4.78, 5) is 17.0. The van der Waals surface area contributed by atoms with Crippen LogP contribution in [0.25, 0.3) is 11.3 Å². The molecule has 1 aromatic carbocycles. The lowest BCUT2D eigenvalue weighted by atomic mass is 10.1. The molecule has 82 valence electrons. The maximum atomic E-state index is 10.6. The van der Waals surface area contributed by atoms with Crippen molar-refractivity contribution in [2.75, 3.05) is 5.73 Å². The third-order valence-electron chi connectivity index (χ3n) is 2.30. The molecule has 1 aromatic heterocycles. The molecule has 0 saturated carbocycles. The first-order chi connectivity index (χ1) is 7.58. The molecular formula is C10H10N4O2. The molecule has 0 spiro atoms. The highest BCUT2D eigenvalue weighted by Gasteiger charge is 2.11. The van der Waals surface area contributed by atoms with Gasteiger partial charge in [0.1, 0.15) is 0 Å². The Balaban J connectivity index is 2.45. The molecule has 6 nitrogen and oxygen atoms in total. The molecule has 3 N–H and O–H groups in total. The Morgan fingerprint density at radius 1 is 1.50 bits per heavy atom. The van der Waals surface area contributed by atoms with Crippen molar-refractivity contribution in [3.8, 4) is 11.3 Å². The van der Waals surface area contributed by atoms with E-state index in [0.717, 1.165) is 11.3 Å². The van der Waals surface area contributed by atoms with Crippen LogP contribution in [0.2, 0.25) is 0 Å². The molecule has 0 radical (unpaired) electrons. The van der Waals surface area contributed by atoms with Gasteiger partial charge in [-0.3, -0.25) is 10.1 Å². The Bertz CT molecular complexity index is 548. The Labute approximate surface area is 91.3 Å². The number of benzene rings is 1. The number of hydrogen-bond acceptors (Lipinski definition) is 4. The van der Waals surface area contributed by atoms with Crippen LogP contribution in [-0.2, 0) is 0 Å². The van der Waals surface area contributed by atoms with E-state index in [4.69, 9.17) is 5.73 Å². The topological polar surface area (TPSA) is 97.8 Å². The van der Waals surface area contributed by atoms with Gasteiger partial charge in [0.05, 0.1) is 16.8 Å². The number of rotatable bonds is 2. The highest BCUT2D eigenvalue weighted by Crippen LogP contribution is 2.24. The largest absolute Gasteiger partial charge is 0.369 e. The minimum Gasteiger partial charge on any atom is -0.369 e. The molecule has 1 heterocycles. The third-order valence-corrected chi connectivity index (χ3v) is 2.30. The van der Waals surface area contributed by atoms with E-state index in [1.54, 1.807) is 25.3 Å². The Hall–Kier alpha value is -2.37. The van der Waals surface area contributed by atoms with Crippen molar-refractivity contribution in [2.45, 2.75) is 6.92 Å². The molecule has 0 atom stereocenters. The van der Waals surface area contributed by atoms with E-state index < -0.39 is 4.92 Å². The highest BCUT2D eigenvalue weighted by molar-refractivity contribution is 5.63. The van der Waals surface area contributed by atoms with Crippen molar-refractivity contribution in [1.82, 2.24) is 9.97 Å². The number of nitro groups is 1. The second kappa shape index (κ2) is 3.65. The predicted molar refractivity (Wildman–Crippen MR) is 59.8 cm³/mol. The maximum absolute atomic E-state index is 10.6. The molecule has 0 aliphatic carbocycles. The van der Waals surface area contributed by atoms with Crippen molar-refractivity contribution in [3.05, 3.63) is 40.1 Å². The number of nitrogens with two attached hydrogens (primary N) is 1. The summed E-state index contributed by atoms with van der Waals surface area (Å²) in [6.07, 6.45) is 1.59. The van der Waals surface area contributed by atoms with Gasteiger partial charge in [0.15, 0.2) is 5.95 Å². The van der Waals surface area contributed by atoms with Crippen molar-refractivity contribution < 1.29 is 4.92 Å². The van der Waals surface area contributed by atoms with E-state index in [1.807, 2.05) is 0 Å². The van der Waals surface area contributed by atoms with E-state index >= 15 is 0 Å². The van der Waals surface area contributed by atoms with Crippen LogP contribution < -0.4 is 5.73 Å². The molecule has 0 unspecified atom stereocenters. The number of H-pyrrole nitrogens is 1. The highest BCUT2D eigenvalue weighted by atomic mass is 16.6. The minimum absolute atomic E-state index is 0.108. The zero-order valence-corrected chi connectivity index (χ0v) is 8.60. The fourth-order valence-corrected chi connectivity index (χ4v) is 1.51. The second-order valence-electron chi connectivity index (χ2n) is 3.44. The van der Waals surface area contributed by atoms with Crippen LogP contribution in [0.5, 0.6) is 0 Å². The first kappa shape index (κ1) is 10.2. The first-order valence-electron chi connectivity index (χ1n) is 4.64. The standard InChI is InChI=1S/C10H10N4O2/c1-6-4-7(2-3-9(6)14(15)16)8-5-12-10(11)13-8/h2-5H,1H3,(H3,11,12,13). The summed E-state index contributed by atoms with van der Waals surface area (Å²) in [6, 6.07) is 4.87. The lowest BCUT2D eigenvalue weighted by molar-refractivity contribution is -0.385. The Morgan fingerprint density at radius 3 is 2.75 bits per heavy atom. The zero-order valence-electron chi connectivity index (χ0n) is 8.60. The summed E-state index contributed by atoms with van der Waals surface area (Å²) in [5.74, 6) is 0.325. The van der Waals surface area contributed by atoms with Gasteiger partial charge in [-0.05, 0) is 19.1 Å². The summed E-state index contributed by atoms with van der Waals surface area (Å²) in [5, 5.41) is 10.6. The molecule has 16 heavy (non-hydrogen) atoms. The van der Waals surface area contributed by atoms with E-state index in [2.05, 4.69) is 9.97 Å². The number of aryl methyl sites for hydroxylation is 1. The lowest BCUT2D eigenvalue weighted by Gasteiger charge is -2.00. The van der Waals surface area contributed by atoms with Crippen molar-refractivity contribution in [2.24, 2.45) is 0 Å². The van der Waals surface area contributed by atoms with E-state index in [0.29, 0.717) is 11.5 Å². The Morgan fingerprint density at radius 2 is 2.25 bits per heavy atom. The minimum atomic E-state index is -0.402. The number of nitrogens with zero attached hydrogens (tertiary/aromatic N) is 2. The number of aromatic amines is 1. The summed E-state index contributed by atoms with van der Waals surface area (Å²) >= 11 is 0. The predicted octanol–water partition coefficient (Wildman–Crippen LogP) is 1.88. The third kappa shape index (κ3) is 1.72. The van der Waals surface area contributed by atoms with Gasteiger partial charge in [-0.15, -0.1) is 0 Å². The van der Waals surface area contributed by atoms with Gasteiger partial charge >= 0.3 is 0 Å². The van der Waals surface area contributed by atoms with E-state index in [9.17, 15) is 10.1 Å². The molecule has 0 amide bonds. The number of nitrogen functional groups attached to an aromatic ring is 1. The number of aromatic nitrogens is 2. The van der Waals surface area contributed by atoms with Crippen LogP contribution in [-0.4, -0.2) is 14.9 Å². The number of hydrogen-bond donors (Lipinski definition) is 2. The zero-order chi connectivity index (χ0) is 11.7. The van der Waals surface area contributed by atoms with Crippen LogP contribution in [0.3, 0.4) is 0 Å². The molecule has 0 aliphatic heterocycles. The van der Waals surface area contributed by atoms with Crippen LogP contribution in [0.4, 0.5) is 11.6 Å². The number of nitro benzene ring substituents is 1. The molecule has 0 fully saturated rings. The molecule has 2 rings (SSSR count). The molecule has 2 aromatic rings. The number of anilines is 1. The van der Waals surface area contributed by atoms with Crippen LogP contribution in [0.15, 0.2) is 24.4 Å². The van der Waals surface area contributed by atoms with Gasteiger partial charge in [-0.2, -0.15) is 0 Å². The van der Waals surface area contributed by atoms with Gasteiger partial charge in [0, 0.05) is 17.2 Å². The molecule has 0 saturated heterocycles. The summed E-state index contributed by atoms with van der Waals surface area (Å²) in [5.41, 5.74) is 7.74. The van der Waals surface area contributed by atoms with Gasteiger partial charge in [-0.1, -0.05) is 0 Å². The summed E-state index contributed by atoms with van der Waals surface area (Å²) in [6.45, 7) is 1.70. The quantitative estimate of drug-likeness (QED) is 0.593. The maximum Gasteiger partial charge on any atom is 0.272 e. The van der Waals surface area contributed by atoms with Crippen molar-refractivity contribution in [1.29, 1.82) is 0 Å². The normalized spacial score (nSPS) is 10.3. The van der Waals surface area contributed by atoms with Gasteiger partial charge in [-0.25, -0.2) is 4.98 Å². The molecular weight excluding hydrogens is 208 g/mol. The summed E-state index contributed by atoms with van der Waals surface area (Å²) in [7, 11) is 0. The SMILES string of the molecule is Cc1cc(-c2cnc(N)[nH]2)ccc1[N+](=O)[O-]. The van der Waals surface area contributed by atoms with Gasteiger partial charge < -0.3 is 10.7 Å². The number of imidazole rings is 1. The average Bonchev–Trinajstić information content (AvgIpc) is 2.64. The van der Waals surface area contributed by atoms with Crippen LogP contribution in [0.1, 0.15) is 5.56 Å². The smallest absolute Gasteiger partial charge is 0.272 e. The van der Waals surface area contributed by atoms with Crippen LogP contribution >= 0.6 is 0 Å². The van der Waals surface area contributed by atoms with Crippen molar-refractivity contribution in [3.63, 3.8) is 0 Å². The average molecular weight is 218 g/mol. The van der Waals surface area contributed by atoms with E-state index in [-0.39, 0.29) is 5.69 Å². The van der Waals surface area contributed by atoms with Gasteiger partial charge in [0.2, 0.25) is 0 Å². The molecule has 0 aliphatic rings. The van der Waals surface area contributed by atoms with Gasteiger partial charge in [0.25, 0.3) is 5.69 Å².